The van der Waals surface area contributed by atoms with Gasteiger partial charge in [-0.25, -0.2) is 0 Å². The smallest absolute Gasteiger partial charge is 0.231 e. The van der Waals surface area contributed by atoms with Crippen molar-refractivity contribution in [3.63, 3.8) is 0 Å². The van der Waals surface area contributed by atoms with Gasteiger partial charge in [-0.2, -0.15) is 5.43 Å². The van der Waals surface area contributed by atoms with Crippen molar-refractivity contribution in [3.05, 3.63) is 5.21 Å². The third-order valence-electron chi connectivity index (χ3n) is 1.00. The molecule has 0 atom stereocenters. The Balaban J connectivity index is 3.00. The summed E-state index contributed by atoms with van der Waals surface area (Å²) in [6, 6.07) is 0. The van der Waals surface area contributed by atoms with Crippen molar-refractivity contribution in [1.82, 2.24) is 16.3 Å². The Morgan fingerprint density at radius 1 is 1.42 bits per heavy atom. The average Bonchev–Trinajstić information content (AvgIpc) is 2.10. The lowest BCUT2D eigenvalue weighted by molar-refractivity contribution is -0.620. The Hall–Kier alpha value is -1.12. The average molecular weight is 178 g/mol. The van der Waals surface area contributed by atoms with Gasteiger partial charge in [0.05, 0.1) is 4.97 Å². The van der Waals surface area contributed by atoms with Gasteiger partial charge in [-0.1, -0.05) is 5.53 Å². The maximum atomic E-state index is 10.2. The van der Waals surface area contributed by atoms with Crippen LogP contribution in [0.5, 0.6) is 0 Å². The molecule has 0 bridgehead atoms. The highest BCUT2D eigenvalue weighted by molar-refractivity contribution is 4.47. The molecule has 0 heterocycles. The zero-order valence-electron chi connectivity index (χ0n) is 6.66. The molecule has 8 heteroatoms. The second-order valence-electron chi connectivity index (χ2n) is 1.94. The number of nitrogens with zero attached hydrogens (tertiary/aromatic N) is 2. The van der Waals surface area contributed by atoms with Gasteiger partial charge >= 0.3 is 0 Å². The molecule has 0 spiro atoms. The predicted octanol–water partition coefficient (Wildman–Crippen LogP) is -2.10. The van der Waals surface area contributed by atoms with Crippen molar-refractivity contribution in [2.75, 3.05) is 26.2 Å². The molecule has 0 aromatic carbocycles. The lowest BCUT2D eigenvalue weighted by Gasteiger charge is -2.03. The second-order valence-corrected chi connectivity index (χ2v) is 1.94. The maximum absolute atomic E-state index is 10.2. The van der Waals surface area contributed by atoms with Crippen LogP contribution in [0.4, 0.5) is 0 Å². The monoisotopic (exact) mass is 178 g/mol. The van der Waals surface area contributed by atoms with Crippen LogP contribution in [0.1, 0.15) is 0 Å². The molecule has 0 aliphatic rings. The number of nitrogens with one attached hydrogen (secondary N) is 3. The Morgan fingerprint density at radius 2 is 2.17 bits per heavy atom. The van der Waals surface area contributed by atoms with E-state index in [1.807, 2.05) is 5.53 Å². The van der Waals surface area contributed by atoms with Crippen molar-refractivity contribution >= 4 is 0 Å². The SMILES string of the molecule is NCCNCCNN[N+]([O-])=NO. The van der Waals surface area contributed by atoms with Gasteiger partial charge in [-0.3, -0.25) is 0 Å². The number of hydrogen-bond donors (Lipinski definition) is 5. The fraction of sp³-hybridized carbons (Fsp3) is 1.00. The molecule has 0 aromatic heterocycles. The third kappa shape index (κ3) is 6.99. The van der Waals surface area contributed by atoms with Gasteiger partial charge in [-0.05, 0) is 0 Å². The molecule has 0 fully saturated rings. The minimum absolute atomic E-state index is 0.0943. The fourth-order valence-corrected chi connectivity index (χ4v) is 0.524. The molecule has 0 radical (unpaired) electrons. The molecule has 0 saturated carbocycles. The Labute approximate surface area is 69.9 Å². The highest BCUT2D eigenvalue weighted by Gasteiger charge is 1.90. The van der Waals surface area contributed by atoms with Gasteiger partial charge in [-0.15, -0.1) is 0 Å². The molecule has 0 amide bonds. The Kier molecular flexibility index (Phi) is 7.24. The van der Waals surface area contributed by atoms with E-state index in [0.717, 1.165) is 6.54 Å². The molecule has 12 heavy (non-hydrogen) atoms. The normalized spacial score (nSPS) is 11.6. The van der Waals surface area contributed by atoms with Crippen molar-refractivity contribution in [2.24, 2.45) is 11.0 Å². The van der Waals surface area contributed by atoms with Gasteiger partial charge in [0.1, 0.15) is 0 Å². The van der Waals surface area contributed by atoms with E-state index in [0.29, 0.717) is 19.6 Å². The minimum Gasteiger partial charge on any atom is -0.568 e. The summed E-state index contributed by atoms with van der Waals surface area (Å²) >= 11 is 0. The molecule has 0 aliphatic heterocycles. The summed E-state index contributed by atoms with van der Waals surface area (Å²) in [6.45, 7) is 2.50. The van der Waals surface area contributed by atoms with Crippen LogP contribution in [0.15, 0.2) is 5.28 Å². The van der Waals surface area contributed by atoms with Crippen LogP contribution < -0.4 is 22.0 Å². The number of hydrazine groups is 2. The number of nitrogens with two attached hydrogens (primary N) is 1. The minimum atomic E-state index is -0.0943. The highest BCUT2D eigenvalue weighted by Crippen LogP contribution is 1.60. The maximum Gasteiger partial charge on any atom is 0.231 e. The molecule has 72 valence electrons. The highest BCUT2D eigenvalue weighted by atomic mass is 16.6. The van der Waals surface area contributed by atoms with Crippen molar-refractivity contribution in [1.29, 1.82) is 0 Å². The zero-order valence-corrected chi connectivity index (χ0v) is 6.66. The van der Waals surface area contributed by atoms with Gasteiger partial charge in [0.15, 0.2) is 0 Å². The van der Waals surface area contributed by atoms with Crippen LogP contribution in [0.2, 0.25) is 0 Å². The zero-order chi connectivity index (χ0) is 9.23. The topological polar surface area (TPSA) is 121 Å². The van der Waals surface area contributed by atoms with Crippen molar-refractivity contribution < 1.29 is 10.2 Å². The summed E-state index contributed by atoms with van der Waals surface area (Å²) < 4.78 is 0. The van der Waals surface area contributed by atoms with Crippen LogP contribution in [-0.4, -0.2) is 36.4 Å². The van der Waals surface area contributed by atoms with Crippen LogP contribution in [0.3, 0.4) is 0 Å². The molecular formula is C4H14N6O2. The fourth-order valence-electron chi connectivity index (χ4n) is 0.524. The Morgan fingerprint density at radius 3 is 2.75 bits per heavy atom. The summed E-state index contributed by atoms with van der Waals surface area (Å²) in [5.74, 6) is 0. The Bertz CT molecular complexity index is 129. The van der Waals surface area contributed by atoms with Crippen LogP contribution in [0, 0.1) is 5.21 Å². The summed E-state index contributed by atoms with van der Waals surface area (Å²) in [7, 11) is 0. The van der Waals surface area contributed by atoms with Gasteiger partial charge in [0.2, 0.25) is 5.28 Å². The van der Waals surface area contributed by atoms with E-state index in [1.165, 1.54) is 0 Å². The molecule has 0 aromatic rings. The molecular weight excluding hydrogens is 164 g/mol. The van der Waals surface area contributed by atoms with Crippen LogP contribution in [0.25, 0.3) is 0 Å². The van der Waals surface area contributed by atoms with E-state index in [1.54, 1.807) is 0 Å². The van der Waals surface area contributed by atoms with E-state index in [4.69, 9.17) is 10.9 Å². The molecule has 0 unspecified atom stereocenters. The first-order chi connectivity index (χ1) is 5.81. The first-order valence-electron chi connectivity index (χ1n) is 3.53. The van der Waals surface area contributed by atoms with Crippen molar-refractivity contribution in [2.45, 2.75) is 0 Å². The predicted molar refractivity (Wildman–Crippen MR) is 40.9 cm³/mol. The molecule has 6 N–H and O–H groups in total. The standard InChI is InChI=1S/C4H14N6O2/c5-1-2-6-3-4-7-8-10(12)9-11/h6-7,11H,1-5H2,(H,8,9). The summed E-state index contributed by atoms with van der Waals surface area (Å²) in [6.07, 6.45) is 0. The summed E-state index contributed by atoms with van der Waals surface area (Å²) in [4.78, 5) is -0.0943. The van der Waals surface area contributed by atoms with Gasteiger partial charge in [0.25, 0.3) is 0 Å². The van der Waals surface area contributed by atoms with Crippen molar-refractivity contribution in [3.8, 4) is 0 Å². The van der Waals surface area contributed by atoms with Crippen LogP contribution in [-0.2, 0) is 0 Å². The summed E-state index contributed by atoms with van der Waals surface area (Å²) in [5, 5.41) is 23.3. The largest absolute Gasteiger partial charge is 0.568 e. The molecule has 8 nitrogen and oxygen atoms in total. The van der Waals surface area contributed by atoms with E-state index in [2.05, 4.69) is 16.0 Å². The number of rotatable bonds is 7. The molecule has 0 aliphatic carbocycles. The first kappa shape index (κ1) is 10.9. The van der Waals surface area contributed by atoms with E-state index < -0.39 is 0 Å². The second kappa shape index (κ2) is 7.98. The number of hydrogen-bond acceptors (Lipinski definition) is 5. The summed E-state index contributed by atoms with van der Waals surface area (Å²) in [5.41, 5.74) is 9.76. The van der Waals surface area contributed by atoms with Crippen LogP contribution >= 0.6 is 0 Å². The van der Waals surface area contributed by atoms with Gasteiger partial charge in [0, 0.05) is 26.2 Å². The lowest BCUT2D eigenvalue weighted by Crippen LogP contribution is -2.41. The first-order valence-corrected chi connectivity index (χ1v) is 3.53. The van der Waals surface area contributed by atoms with E-state index >= 15 is 0 Å². The van der Waals surface area contributed by atoms with Gasteiger partial charge < -0.3 is 21.5 Å². The third-order valence-corrected chi connectivity index (χ3v) is 1.00. The quantitative estimate of drug-likeness (QED) is 0.132. The van der Waals surface area contributed by atoms with E-state index in [9.17, 15) is 5.21 Å². The molecule has 0 rings (SSSR count). The lowest BCUT2D eigenvalue weighted by atomic mass is 10.6. The molecule has 0 saturated heterocycles. The van der Waals surface area contributed by atoms with E-state index in [-0.39, 0.29) is 4.97 Å².